The van der Waals surface area contributed by atoms with Crippen LogP contribution in [0.4, 0.5) is 5.00 Å². The maximum atomic E-state index is 12.3. The average Bonchev–Trinajstić information content (AvgIpc) is 3.03. The van der Waals surface area contributed by atoms with Gasteiger partial charge in [-0.05, 0) is 36.8 Å². The highest BCUT2D eigenvalue weighted by atomic mass is 35.5. The molecule has 1 amide bonds. The standard InChI is InChI=1S/C19H21ClN2O4S/c1-3-22-9-8-14-15(10-22)27-18(17(14)19(24)25-2)21-16(23)11-26-13-6-4-12(20)5-7-13/h4-7H,3,8-11H2,1-2H3,(H,21,23)/p+1. The minimum atomic E-state index is -0.415. The predicted octanol–water partition coefficient (Wildman–Crippen LogP) is 2.17. The van der Waals surface area contributed by atoms with E-state index in [1.165, 1.54) is 23.3 Å². The number of esters is 1. The second-order valence-electron chi connectivity index (χ2n) is 6.27. The number of hydrogen-bond acceptors (Lipinski definition) is 5. The minimum Gasteiger partial charge on any atom is -0.484 e. The Morgan fingerprint density at radius 1 is 1.30 bits per heavy atom. The Labute approximate surface area is 167 Å². The molecule has 6 nitrogen and oxygen atoms in total. The molecule has 0 aliphatic carbocycles. The molecule has 2 heterocycles. The Kier molecular flexibility index (Phi) is 6.36. The summed E-state index contributed by atoms with van der Waals surface area (Å²) >= 11 is 7.28. The van der Waals surface area contributed by atoms with Crippen molar-refractivity contribution in [3.05, 3.63) is 45.3 Å². The van der Waals surface area contributed by atoms with Crippen molar-refractivity contribution in [3.8, 4) is 5.75 Å². The molecule has 2 N–H and O–H groups in total. The van der Waals surface area contributed by atoms with Gasteiger partial charge in [0.15, 0.2) is 6.61 Å². The van der Waals surface area contributed by atoms with Gasteiger partial charge < -0.3 is 19.7 Å². The number of fused-ring (bicyclic) bond motifs is 1. The highest BCUT2D eigenvalue weighted by Gasteiger charge is 2.30. The highest BCUT2D eigenvalue weighted by Crippen LogP contribution is 2.35. The molecule has 8 heteroatoms. The third-order valence-electron chi connectivity index (χ3n) is 4.56. The predicted molar refractivity (Wildman–Crippen MR) is 105 cm³/mol. The summed E-state index contributed by atoms with van der Waals surface area (Å²) in [4.78, 5) is 27.2. The number of thiophene rings is 1. The summed E-state index contributed by atoms with van der Waals surface area (Å²) in [6.07, 6.45) is 0.802. The normalized spacial score (nSPS) is 15.7. The lowest BCUT2D eigenvalue weighted by atomic mass is 10.0. The van der Waals surface area contributed by atoms with Gasteiger partial charge in [0, 0.05) is 11.4 Å². The number of quaternary nitrogens is 1. The van der Waals surface area contributed by atoms with E-state index in [0.717, 1.165) is 36.5 Å². The number of hydrogen-bond donors (Lipinski definition) is 2. The molecular formula is C19H22ClN2O4S+. The van der Waals surface area contributed by atoms with Crippen LogP contribution in [0.3, 0.4) is 0 Å². The summed E-state index contributed by atoms with van der Waals surface area (Å²) < 4.78 is 10.4. The molecule has 0 radical (unpaired) electrons. The molecule has 1 aromatic heterocycles. The first-order chi connectivity index (χ1) is 13.0. The summed E-state index contributed by atoms with van der Waals surface area (Å²) in [6, 6.07) is 6.78. The Morgan fingerprint density at radius 2 is 2.04 bits per heavy atom. The Morgan fingerprint density at radius 3 is 2.70 bits per heavy atom. The number of halogens is 1. The van der Waals surface area contributed by atoms with Gasteiger partial charge in [-0.1, -0.05) is 11.6 Å². The van der Waals surface area contributed by atoms with Crippen molar-refractivity contribution in [2.45, 2.75) is 19.9 Å². The van der Waals surface area contributed by atoms with Gasteiger partial charge in [-0.15, -0.1) is 11.3 Å². The summed E-state index contributed by atoms with van der Waals surface area (Å²) in [6.45, 7) is 4.85. The Balaban J connectivity index is 1.73. The molecule has 1 aromatic carbocycles. The number of carbonyl (C=O) groups is 2. The lowest BCUT2D eigenvalue weighted by Gasteiger charge is -2.22. The van der Waals surface area contributed by atoms with E-state index in [1.807, 2.05) is 0 Å². The van der Waals surface area contributed by atoms with E-state index in [9.17, 15) is 9.59 Å². The molecule has 144 valence electrons. The van der Waals surface area contributed by atoms with Crippen molar-refractivity contribution < 1.29 is 24.0 Å². The number of methoxy groups -OCH3 is 1. The second-order valence-corrected chi connectivity index (χ2v) is 7.81. The van der Waals surface area contributed by atoms with Crippen LogP contribution in [-0.4, -0.2) is 38.7 Å². The lowest BCUT2D eigenvalue weighted by molar-refractivity contribution is -0.913. The van der Waals surface area contributed by atoms with E-state index in [0.29, 0.717) is 21.3 Å². The lowest BCUT2D eigenvalue weighted by Crippen LogP contribution is -3.11. The van der Waals surface area contributed by atoms with E-state index in [4.69, 9.17) is 21.1 Å². The molecule has 3 rings (SSSR count). The minimum absolute atomic E-state index is 0.156. The van der Waals surface area contributed by atoms with E-state index in [1.54, 1.807) is 24.3 Å². The zero-order chi connectivity index (χ0) is 19.4. The number of ether oxygens (including phenoxy) is 2. The van der Waals surface area contributed by atoms with Crippen molar-refractivity contribution in [1.82, 2.24) is 0 Å². The van der Waals surface area contributed by atoms with Crippen molar-refractivity contribution >= 4 is 39.8 Å². The van der Waals surface area contributed by atoms with E-state index in [-0.39, 0.29) is 12.5 Å². The monoisotopic (exact) mass is 409 g/mol. The van der Waals surface area contributed by atoms with Crippen LogP contribution in [0.25, 0.3) is 0 Å². The Hall–Kier alpha value is -2.09. The fraction of sp³-hybridized carbons (Fsp3) is 0.368. The topological polar surface area (TPSA) is 69.1 Å². The second kappa shape index (κ2) is 8.73. The average molecular weight is 410 g/mol. The summed E-state index contributed by atoms with van der Waals surface area (Å²) in [5, 5.41) is 3.95. The zero-order valence-corrected chi connectivity index (χ0v) is 16.8. The van der Waals surface area contributed by atoms with Gasteiger partial charge in [-0.25, -0.2) is 4.79 Å². The molecule has 1 aliphatic rings. The van der Waals surface area contributed by atoms with Gasteiger partial charge in [0.25, 0.3) is 5.91 Å². The molecule has 0 saturated heterocycles. The van der Waals surface area contributed by atoms with Crippen LogP contribution in [-0.2, 0) is 22.5 Å². The third-order valence-corrected chi connectivity index (χ3v) is 5.96. The van der Waals surface area contributed by atoms with Crippen LogP contribution in [0, 0.1) is 0 Å². The van der Waals surface area contributed by atoms with Crippen LogP contribution in [0.1, 0.15) is 27.7 Å². The molecule has 0 fully saturated rings. The van der Waals surface area contributed by atoms with Gasteiger partial charge in [-0.2, -0.15) is 0 Å². The molecule has 1 unspecified atom stereocenters. The van der Waals surface area contributed by atoms with E-state index < -0.39 is 5.97 Å². The van der Waals surface area contributed by atoms with Crippen LogP contribution in [0.5, 0.6) is 5.75 Å². The van der Waals surface area contributed by atoms with Crippen LogP contribution >= 0.6 is 22.9 Å². The Bertz CT molecular complexity index is 835. The molecule has 1 aliphatic heterocycles. The number of benzene rings is 1. The van der Waals surface area contributed by atoms with Crippen molar-refractivity contribution in [2.24, 2.45) is 0 Å². The number of nitrogens with one attached hydrogen (secondary N) is 2. The number of likely N-dealkylation sites (N-methyl/N-ethyl adjacent to an activating group) is 1. The maximum Gasteiger partial charge on any atom is 0.341 e. The van der Waals surface area contributed by atoms with Gasteiger partial charge in [0.1, 0.15) is 17.3 Å². The maximum absolute atomic E-state index is 12.3. The van der Waals surface area contributed by atoms with Crippen LogP contribution in [0.2, 0.25) is 5.02 Å². The van der Waals surface area contributed by atoms with Crippen molar-refractivity contribution in [1.29, 1.82) is 0 Å². The summed E-state index contributed by atoms with van der Waals surface area (Å²) in [7, 11) is 1.36. The molecule has 27 heavy (non-hydrogen) atoms. The van der Waals surface area contributed by atoms with E-state index >= 15 is 0 Å². The molecule has 0 bridgehead atoms. The number of carbonyl (C=O) groups excluding carboxylic acids is 2. The van der Waals surface area contributed by atoms with Crippen LogP contribution in [0.15, 0.2) is 24.3 Å². The van der Waals surface area contributed by atoms with Gasteiger partial charge in [-0.3, -0.25) is 4.79 Å². The molecule has 1 atom stereocenters. The summed E-state index contributed by atoms with van der Waals surface area (Å²) in [5.74, 6) is -0.190. The van der Waals surface area contributed by atoms with E-state index in [2.05, 4.69) is 12.2 Å². The number of amides is 1. The SMILES string of the molecule is CC[NH+]1CCc2c(sc(NC(=O)COc3ccc(Cl)cc3)c2C(=O)OC)C1. The molecule has 2 aromatic rings. The smallest absolute Gasteiger partial charge is 0.341 e. The fourth-order valence-corrected chi connectivity index (χ4v) is 4.54. The van der Waals surface area contributed by atoms with Gasteiger partial charge in [0.2, 0.25) is 0 Å². The first-order valence-corrected chi connectivity index (χ1v) is 9.95. The van der Waals surface area contributed by atoms with Crippen molar-refractivity contribution in [3.63, 3.8) is 0 Å². The third kappa shape index (κ3) is 4.61. The fourth-order valence-electron chi connectivity index (χ4n) is 3.09. The first-order valence-electron chi connectivity index (χ1n) is 8.76. The molecule has 0 saturated carbocycles. The number of rotatable bonds is 6. The zero-order valence-electron chi connectivity index (χ0n) is 15.3. The van der Waals surface area contributed by atoms with Crippen LogP contribution < -0.4 is 15.0 Å². The van der Waals surface area contributed by atoms with Gasteiger partial charge in [0.05, 0.1) is 30.6 Å². The largest absolute Gasteiger partial charge is 0.484 e. The molecular weight excluding hydrogens is 388 g/mol. The quantitative estimate of drug-likeness (QED) is 0.717. The summed E-state index contributed by atoms with van der Waals surface area (Å²) in [5.41, 5.74) is 1.48. The highest BCUT2D eigenvalue weighted by molar-refractivity contribution is 7.17. The molecule has 0 spiro atoms. The number of anilines is 1. The van der Waals surface area contributed by atoms with Gasteiger partial charge >= 0.3 is 5.97 Å². The van der Waals surface area contributed by atoms with Crippen molar-refractivity contribution in [2.75, 3.05) is 32.1 Å². The first kappa shape index (κ1) is 19.7.